The molecule has 146 valence electrons. The summed E-state index contributed by atoms with van der Waals surface area (Å²) in [6, 6.07) is 8.64. The van der Waals surface area contributed by atoms with Gasteiger partial charge in [-0.15, -0.1) is 11.3 Å². The zero-order valence-corrected chi connectivity index (χ0v) is 17.2. The van der Waals surface area contributed by atoms with Crippen molar-refractivity contribution in [3.63, 3.8) is 0 Å². The Bertz CT molecular complexity index is 923. The maximum Gasteiger partial charge on any atom is 0.322 e. The maximum atomic E-state index is 12.3. The predicted molar refractivity (Wildman–Crippen MR) is 104 cm³/mol. The molecular formula is C18H22N2O5S2. The van der Waals surface area contributed by atoms with Crippen LogP contribution in [-0.4, -0.2) is 44.3 Å². The molecule has 2 rings (SSSR count). The van der Waals surface area contributed by atoms with Gasteiger partial charge in [0.05, 0.1) is 0 Å². The number of hydrogen-bond acceptors (Lipinski definition) is 6. The molecule has 1 aromatic carbocycles. The van der Waals surface area contributed by atoms with Gasteiger partial charge >= 0.3 is 5.97 Å². The Morgan fingerprint density at radius 1 is 1.26 bits per heavy atom. The normalized spacial score (nSPS) is 12.6. The van der Waals surface area contributed by atoms with Crippen LogP contribution in [0.3, 0.4) is 0 Å². The SMILES string of the molecule is Cc1ccc(NC(=O)[C@H](C)OC(=O)CN(C)S(=O)(=O)c2cccs2)c(C)c1. The lowest BCUT2D eigenvalue weighted by molar-refractivity contribution is -0.153. The highest BCUT2D eigenvalue weighted by Crippen LogP contribution is 2.20. The van der Waals surface area contributed by atoms with E-state index in [0.717, 1.165) is 26.8 Å². The molecule has 0 aliphatic carbocycles. The third-order valence-electron chi connectivity index (χ3n) is 3.83. The highest BCUT2D eigenvalue weighted by Gasteiger charge is 2.26. The molecule has 0 fully saturated rings. The van der Waals surface area contributed by atoms with Crippen molar-refractivity contribution in [3.8, 4) is 0 Å². The van der Waals surface area contributed by atoms with Crippen LogP contribution in [0.4, 0.5) is 5.69 Å². The Morgan fingerprint density at radius 2 is 1.96 bits per heavy atom. The van der Waals surface area contributed by atoms with Gasteiger partial charge in [-0.05, 0) is 43.8 Å². The largest absolute Gasteiger partial charge is 0.452 e. The van der Waals surface area contributed by atoms with Crippen LogP contribution in [0.15, 0.2) is 39.9 Å². The third kappa shape index (κ3) is 5.38. The Hall–Kier alpha value is -2.23. The molecule has 0 unspecified atom stereocenters. The first kappa shape index (κ1) is 21.1. The fourth-order valence-corrected chi connectivity index (χ4v) is 4.62. The average molecular weight is 411 g/mol. The number of nitrogens with zero attached hydrogens (tertiary/aromatic N) is 1. The number of nitrogens with one attached hydrogen (secondary N) is 1. The quantitative estimate of drug-likeness (QED) is 0.708. The lowest BCUT2D eigenvalue weighted by Gasteiger charge is -2.18. The number of rotatable bonds is 7. The van der Waals surface area contributed by atoms with Crippen LogP contribution < -0.4 is 5.32 Å². The number of sulfonamides is 1. The highest BCUT2D eigenvalue weighted by atomic mass is 32.2. The number of benzene rings is 1. The Morgan fingerprint density at radius 3 is 2.56 bits per heavy atom. The number of carbonyl (C=O) groups excluding carboxylic acids is 2. The maximum absolute atomic E-state index is 12.3. The van der Waals surface area contributed by atoms with E-state index in [0.29, 0.717) is 5.69 Å². The van der Waals surface area contributed by atoms with Gasteiger partial charge in [0.25, 0.3) is 15.9 Å². The van der Waals surface area contributed by atoms with Gasteiger partial charge in [-0.1, -0.05) is 23.8 Å². The summed E-state index contributed by atoms with van der Waals surface area (Å²) >= 11 is 1.06. The lowest BCUT2D eigenvalue weighted by Crippen LogP contribution is -2.36. The van der Waals surface area contributed by atoms with Gasteiger partial charge in [0, 0.05) is 12.7 Å². The fraction of sp³-hybridized carbons (Fsp3) is 0.333. The summed E-state index contributed by atoms with van der Waals surface area (Å²) in [5.41, 5.74) is 2.59. The van der Waals surface area contributed by atoms with Crippen molar-refractivity contribution in [1.29, 1.82) is 0 Å². The zero-order chi connectivity index (χ0) is 20.2. The standard InChI is InChI=1S/C18H22N2O5S2/c1-12-7-8-15(13(2)10-12)19-18(22)14(3)25-16(21)11-20(4)27(23,24)17-6-5-9-26-17/h5-10,14H,11H2,1-4H3,(H,19,22)/t14-/m0/s1. The van der Waals surface area contributed by atoms with Crippen molar-refractivity contribution in [3.05, 3.63) is 46.8 Å². The number of ether oxygens (including phenoxy) is 1. The predicted octanol–water partition coefficient (Wildman–Crippen LogP) is 2.56. The van der Waals surface area contributed by atoms with Crippen LogP contribution in [-0.2, 0) is 24.3 Å². The Kier molecular flexibility index (Phi) is 6.74. The minimum Gasteiger partial charge on any atom is -0.452 e. The molecule has 0 saturated heterocycles. The van der Waals surface area contributed by atoms with Gasteiger partial charge in [-0.2, -0.15) is 4.31 Å². The zero-order valence-electron chi connectivity index (χ0n) is 15.6. The molecule has 0 spiro atoms. The van der Waals surface area contributed by atoms with Crippen molar-refractivity contribution in [1.82, 2.24) is 4.31 Å². The van der Waals surface area contributed by atoms with E-state index in [1.165, 1.54) is 20.0 Å². The first-order valence-corrected chi connectivity index (χ1v) is 10.5. The van der Waals surface area contributed by atoms with Gasteiger partial charge in [0.15, 0.2) is 6.10 Å². The summed E-state index contributed by atoms with van der Waals surface area (Å²) in [7, 11) is -2.47. The van der Waals surface area contributed by atoms with E-state index >= 15 is 0 Å². The summed E-state index contributed by atoms with van der Waals surface area (Å²) in [4.78, 5) is 24.3. The summed E-state index contributed by atoms with van der Waals surface area (Å²) in [5.74, 6) is -1.29. The minimum absolute atomic E-state index is 0.137. The number of carbonyl (C=O) groups is 2. The molecule has 1 atom stereocenters. The smallest absolute Gasteiger partial charge is 0.322 e. The molecule has 0 saturated carbocycles. The Balaban J connectivity index is 1.93. The molecular weight excluding hydrogens is 388 g/mol. The number of aryl methyl sites for hydroxylation is 2. The second-order valence-corrected chi connectivity index (χ2v) is 9.35. The number of likely N-dealkylation sites (N-methyl/N-ethyl adjacent to an activating group) is 1. The van der Waals surface area contributed by atoms with Crippen molar-refractivity contribution in [2.45, 2.75) is 31.1 Å². The first-order valence-electron chi connectivity index (χ1n) is 8.18. The average Bonchev–Trinajstić information content (AvgIpc) is 3.12. The molecule has 1 aromatic heterocycles. The molecule has 0 bridgehead atoms. The van der Waals surface area contributed by atoms with Crippen molar-refractivity contribution >= 4 is 38.9 Å². The van der Waals surface area contributed by atoms with Crippen molar-refractivity contribution < 1.29 is 22.7 Å². The summed E-state index contributed by atoms with van der Waals surface area (Å²) in [6.45, 7) is 4.76. The molecule has 7 nitrogen and oxygen atoms in total. The van der Waals surface area contributed by atoms with E-state index in [2.05, 4.69) is 5.32 Å². The molecule has 1 amide bonds. The first-order chi connectivity index (χ1) is 12.6. The summed E-state index contributed by atoms with van der Waals surface area (Å²) in [5, 5.41) is 4.34. The molecule has 2 aromatic rings. The number of thiophene rings is 1. The lowest BCUT2D eigenvalue weighted by atomic mass is 10.1. The van der Waals surface area contributed by atoms with Crippen LogP contribution in [0.1, 0.15) is 18.1 Å². The number of anilines is 1. The molecule has 27 heavy (non-hydrogen) atoms. The fourth-order valence-electron chi connectivity index (χ4n) is 2.31. The van der Waals surface area contributed by atoms with Crippen molar-refractivity contribution in [2.24, 2.45) is 0 Å². The molecule has 1 heterocycles. The van der Waals surface area contributed by atoms with Crippen LogP contribution in [0.2, 0.25) is 0 Å². The van der Waals surface area contributed by atoms with Gasteiger partial charge in [-0.25, -0.2) is 8.42 Å². The number of esters is 1. The minimum atomic E-state index is -3.75. The second kappa shape index (κ2) is 8.64. The van der Waals surface area contributed by atoms with E-state index in [-0.39, 0.29) is 4.21 Å². The summed E-state index contributed by atoms with van der Waals surface area (Å²) < 4.78 is 30.7. The number of hydrogen-bond donors (Lipinski definition) is 1. The van der Waals surface area contributed by atoms with Crippen LogP contribution in [0.5, 0.6) is 0 Å². The second-order valence-electron chi connectivity index (χ2n) is 6.13. The highest BCUT2D eigenvalue weighted by molar-refractivity contribution is 7.91. The molecule has 0 aliphatic heterocycles. The summed E-state index contributed by atoms with van der Waals surface area (Å²) in [6.07, 6.45) is -1.06. The van der Waals surface area contributed by atoms with Crippen molar-refractivity contribution in [2.75, 3.05) is 18.9 Å². The number of amides is 1. The van der Waals surface area contributed by atoms with E-state index in [9.17, 15) is 18.0 Å². The topological polar surface area (TPSA) is 92.8 Å². The van der Waals surface area contributed by atoms with E-state index in [1.807, 2.05) is 26.0 Å². The van der Waals surface area contributed by atoms with Gasteiger partial charge in [0.1, 0.15) is 10.8 Å². The van der Waals surface area contributed by atoms with Gasteiger partial charge < -0.3 is 10.1 Å². The Labute approximate surface area is 163 Å². The van der Waals surface area contributed by atoms with E-state index in [4.69, 9.17) is 4.74 Å². The molecule has 0 radical (unpaired) electrons. The van der Waals surface area contributed by atoms with E-state index in [1.54, 1.807) is 17.5 Å². The third-order valence-corrected chi connectivity index (χ3v) is 7.01. The van der Waals surface area contributed by atoms with Gasteiger partial charge in [-0.3, -0.25) is 9.59 Å². The molecule has 1 N–H and O–H groups in total. The monoisotopic (exact) mass is 410 g/mol. The molecule has 0 aliphatic rings. The van der Waals surface area contributed by atoms with Gasteiger partial charge in [0.2, 0.25) is 0 Å². The van der Waals surface area contributed by atoms with Crippen LogP contribution in [0, 0.1) is 13.8 Å². The van der Waals surface area contributed by atoms with Crippen LogP contribution in [0.25, 0.3) is 0 Å². The molecule has 9 heteroatoms. The van der Waals surface area contributed by atoms with Crippen LogP contribution >= 0.6 is 11.3 Å². The van der Waals surface area contributed by atoms with E-state index < -0.39 is 34.5 Å².